The van der Waals surface area contributed by atoms with E-state index >= 15 is 0 Å². The number of benzene rings is 2. The van der Waals surface area contributed by atoms with Crippen molar-refractivity contribution in [1.29, 1.82) is 0 Å². The molecule has 7 heteroatoms. The summed E-state index contributed by atoms with van der Waals surface area (Å²) in [7, 11) is 1.58. The molecule has 0 bridgehead atoms. The first-order chi connectivity index (χ1) is 14.1. The van der Waals surface area contributed by atoms with Gasteiger partial charge in [0.1, 0.15) is 17.0 Å². The van der Waals surface area contributed by atoms with E-state index < -0.39 is 5.91 Å². The van der Waals surface area contributed by atoms with Crippen LogP contribution in [-0.2, 0) is 11.2 Å². The second-order valence-corrected chi connectivity index (χ2v) is 7.32. The number of amides is 2. The molecule has 2 aromatic carbocycles. The number of para-hydroxylation sites is 1. The molecule has 0 unspecified atom stereocenters. The molecule has 0 aliphatic heterocycles. The molecule has 146 valence electrons. The van der Waals surface area contributed by atoms with Crippen molar-refractivity contribution in [1.82, 2.24) is 0 Å². The van der Waals surface area contributed by atoms with E-state index in [2.05, 4.69) is 10.6 Å². The van der Waals surface area contributed by atoms with Gasteiger partial charge in [-0.3, -0.25) is 9.59 Å². The fraction of sp³-hybridized carbons (Fsp3) is 0.0909. The molecular weight excluding hydrogens is 388 g/mol. The summed E-state index contributed by atoms with van der Waals surface area (Å²) < 4.78 is 10.9. The van der Waals surface area contributed by atoms with Crippen LogP contribution in [-0.4, -0.2) is 18.9 Å². The molecule has 0 saturated carbocycles. The molecule has 0 radical (unpaired) electrons. The van der Waals surface area contributed by atoms with Crippen molar-refractivity contribution in [3.05, 3.63) is 76.7 Å². The second-order valence-electron chi connectivity index (χ2n) is 6.29. The van der Waals surface area contributed by atoms with Crippen molar-refractivity contribution < 1.29 is 18.7 Å². The number of rotatable bonds is 6. The number of fused-ring (bicyclic) bond motifs is 1. The lowest BCUT2D eigenvalue weighted by atomic mass is 10.2. The minimum atomic E-state index is -0.446. The summed E-state index contributed by atoms with van der Waals surface area (Å²) in [5.74, 6) is 0.0881. The van der Waals surface area contributed by atoms with Gasteiger partial charge in [0.25, 0.3) is 5.91 Å². The topological polar surface area (TPSA) is 80.6 Å². The number of anilines is 2. The van der Waals surface area contributed by atoms with Crippen LogP contribution in [0.25, 0.3) is 11.0 Å². The standard InChI is InChI=1S/C22H18N2O4S/c1-27-15-10-8-14(9-11-15)23-22(26)21-20(17-6-2-3-7-18(17)28-21)24-19(25)13-16-5-4-12-29-16/h2-12H,13H2,1H3,(H,23,26)(H,24,25). The summed E-state index contributed by atoms with van der Waals surface area (Å²) in [6.07, 6.45) is 0.233. The van der Waals surface area contributed by atoms with E-state index in [0.717, 1.165) is 4.88 Å². The molecule has 0 saturated heterocycles. The Labute approximate surface area is 171 Å². The number of ether oxygens (including phenoxy) is 1. The zero-order chi connectivity index (χ0) is 20.2. The van der Waals surface area contributed by atoms with Gasteiger partial charge in [0.2, 0.25) is 11.7 Å². The molecule has 6 nitrogen and oxygen atoms in total. The average Bonchev–Trinajstić information content (AvgIpc) is 3.37. The summed E-state index contributed by atoms with van der Waals surface area (Å²) in [6.45, 7) is 0. The van der Waals surface area contributed by atoms with E-state index in [1.807, 2.05) is 35.7 Å². The van der Waals surface area contributed by atoms with Crippen LogP contribution < -0.4 is 15.4 Å². The quantitative estimate of drug-likeness (QED) is 0.475. The molecule has 0 aliphatic carbocycles. The summed E-state index contributed by atoms with van der Waals surface area (Å²) >= 11 is 1.51. The molecule has 2 N–H and O–H groups in total. The van der Waals surface area contributed by atoms with Crippen LogP contribution in [0.3, 0.4) is 0 Å². The van der Waals surface area contributed by atoms with Gasteiger partial charge in [-0.25, -0.2) is 0 Å². The third kappa shape index (κ3) is 4.14. The van der Waals surface area contributed by atoms with E-state index in [4.69, 9.17) is 9.15 Å². The monoisotopic (exact) mass is 406 g/mol. The number of hydrogen-bond donors (Lipinski definition) is 2. The van der Waals surface area contributed by atoms with Gasteiger partial charge < -0.3 is 19.8 Å². The molecule has 2 amide bonds. The third-order valence-electron chi connectivity index (χ3n) is 4.33. The van der Waals surface area contributed by atoms with Gasteiger partial charge in [-0.05, 0) is 47.8 Å². The van der Waals surface area contributed by atoms with Crippen LogP contribution >= 0.6 is 11.3 Å². The number of furan rings is 1. The summed E-state index contributed by atoms with van der Waals surface area (Å²) in [5.41, 5.74) is 1.49. The first-order valence-electron chi connectivity index (χ1n) is 8.93. The fourth-order valence-corrected chi connectivity index (χ4v) is 3.65. The maximum absolute atomic E-state index is 12.9. The van der Waals surface area contributed by atoms with Gasteiger partial charge in [-0.15, -0.1) is 11.3 Å². The average molecular weight is 406 g/mol. The zero-order valence-electron chi connectivity index (χ0n) is 15.6. The Morgan fingerprint density at radius 1 is 1.00 bits per heavy atom. The summed E-state index contributed by atoms with van der Waals surface area (Å²) in [5, 5.41) is 8.24. The molecule has 4 rings (SSSR count). The number of hydrogen-bond acceptors (Lipinski definition) is 5. The van der Waals surface area contributed by atoms with Gasteiger partial charge in [-0.2, -0.15) is 0 Å². The highest BCUT2D eigenvalue weighted by atomic mass is 32.1. The summed E-state index contributed by atoms with van der Waals surface area (Å²) in [6, 6.07) is 18.0. The Morgan fingerprint density at radius 2 is 1.79 bits per heavy atom. The smallest absolute Gasteiger partial charge is 0.293 e. The predicted octanol–water partition coefficient (Wildman–Crippen LogP) is 4.94. The molecule has 0 aliphatic rings. The number of carbonyl (C=O) groups is 2. The highest BCUT2D eigenvalue weighted by Crippen LogP contribution is 2.32. The highest BCUT2D eigenvalue weighted by molar-refractivity contribution is 7.10. The Bertz CT molecular complexity index is 1150. The third-order valence-corrected chi connectivity index (χ3v) is 5.21. The molecule has 2 aromatic heterocycles. The van der Waals surface area contributed by atoms with Crippen LogP contribution in [0.4, 0.5) is 11.4 Å². The van der Waals surface area contributed by atoms with Crippen LogP contribution in [0.2, 0.25) is 0 Å². The highest BCUT2D eigenvalue weighted by Gasteiger charge is 2.22. The molecular formula is C22H18N2O4S. The van der Waals surface area contributed by atoms with Crippen LogP contribution in [0, 0.1) is 0 Å². The zero-order valence-corrected chi connectivity index (χ0v) is 16.4. The van der Waals surface area contributed by atoms with E-state index in [1.165, 1.54) is 11.3 Å². The molecule has 4 aromatic rings. The number of nitrogens with one attached hydrogen (secondary N) is 2. The normalized spacial score (nSPS) is 10.7. The summed E-state index contributed by atoms with van der Waals surface area (Å²) in [4.78, 5) is 26.3. The van der Waals surface area contributed by atoms with Crippen molar-refractivity contribution in [3.8, 4) is 5.75 Å². The molecule has 29 heavy (non-hydrogen) atoms. The van der Waals surface area contributed by atoms with E-state index in [1.54, 1.807) is 37.4 Å². The lowest BCUT2D eigenvalue weighted by molar-refractivity contribution is -0.115. The largest absolute Gasteiger partial charge is 0.497 e. The van der Waals surface area contributed by atoms with Crippen molar-refractivity contribution in [3.63, 3.8) is 0 Å². The van der Waals surface area contributed by atoms with E-state index in [-0.39, 0.29) is 18.1 Å². The van der Waals surface area contributed by atoms with Crippen LogP contribution in [0.15, 0.2) is 70.5 Å². The van der Waals surface area contributed by atoms with Crippen LogP contribution in [0.5, 0.6) is 5.75 Å². The lowest BCUT2D eigenvalue weighted by Gasteiger charge is -2.08. The molecule has 0 spiro atoms. The first kappa shape index (κ1) is 18.8. The van der Waals surface area contributed by atoms with Gasteiger partial charge in [-0.1, -0.05) is 18.2 Å². The van der Waals surface area contributed by atoms with Crippen molar-refractivity contribution in [2.24, 2.45) is 0 Å². The second kappa shape index (κ2) is 8.20. The van der Waals surface area contributed by atoms with Gasteiger partial charge >= 0.3 is 0 Å². The molecule has 2 heterocycles. The van der Waals surface area contributed by atoms with Gasteiger partial charge in [0, 0.05) is 16.0 Å². The number of thiophene rings is 1. The van der Waals surface area contributed by atoms with Gasteiger partial charge in [0.05, 0.1) is 13.5 Å². The number of methoxy groups -OCH3 is 1. The van der Waals surface area contributed by atoms with E-state index in [0.29, 0.717) is 28.1 Å². The Balaban J connectivity index is 1.61. The predicted molar refractivity (Wildman–Crippen MR) is 114 cm³/mol. The molecule has 0 fully saturated rings. The Hall–Kier alpha value is -3.58. The minimum Gasteiger partial charge on any atom is -0.497 e. The Kier molecular flexibility index (Phi) is 5.31. The maximum atomic E-state index is 12.9. The minimum absolute atomic E-state index is 0.0570. The van der Waals surface area contributed by atoms with Crippen molar-refractivity contribution >= 4 is 45.5 Å². The number of carbonyl (C=O) groups excluding carboxylic acids is 2. The lowest BCUT2D eigenvalue weighted by Crippen LogP contribution is -2.18. The van der Waals surface area contributed by atoms with Crippen molar-refractivity contribution in [2.75, 3.05) is 17.7 Å². The van der Waals surface area contributed by atoms with Crippen LogP contribution in [0.1, 0.15) is 15.4 Å². The van der Waals surface area contributed by atoms with Crippen molar-refractivity contribution in [2.45, 2.75) is 6.42 Å². The Morgan fingerprint density at radius 3 is 2.52 bits per heavy atom. The van der Waals surface area contributed by atoms with E-state index in [9.17, 15) is 9.59 Å². The SMILES string of the molecule is COc1ccc(NC(=O)c2oc3ccccc3c2NC(=O)Cc2cccs2)cc1. The fourth-order valence-electron chi connectivity index (χ4n) is 2.95. The maximum Gasteiger partial charge on any atom is 0.293 e. The first-order valence-corrected chi connectivity index (χ1v) is 9.81. The van der Waals surface area contributed by atoms with Gasteiger partial charge in [0.15, 0.2) is 0 Å². The molecule has 0 atom stereocenters.